The third kappa shape index (κ3) is 3.83. The fraction of sp³-hybridized carbons (Fsp3) is 0.500. The molecule has 1 saturated carbocycles. The molecular formula is C16H22N2O2. The molecule has 0 saturated heterocycles. The zero-order valence-corrected chi connectivity index (χ0v) is 12.1. The first-order valence-electron chi connectivity index (χ1n) is 7.22. The van der Waals surface area contributed by atoms with Gasteiger partial charge in [-0.15, -0.1) is 0 Å². The molecule has 2 N–H and O–H groups in total. The van der Waals surface area contributed by atoms with Gasteiger partial charge in [0.25, 0.3) is 5.91 Å². The molecule has 0 radical (unpaired) electrons. The normalized spacial score (nSPS) is 23.1. The van der Waals surface area contributed by atoms with Crippen LogP contribution >= 0.6 is 0 Å². The summed E-state index contributed by atoms with van der Waals surface area (Å²) in [6.45, 7) is 3.92. The number of hydrogen-bond donors (Lipinski definition) is 2. The molecule has 0 aliphatic heterocycles. The van der Waals surface area contributed by atoms with E-state index in [9.17, 15) is 9.59 Å². The molecule has 1 aromatic rings. The summed E-state index contributed by atoms with van der Waals surface area (Å²) in [6.07, 6.45) is 3.23. The SMILES string of the molecule is CC1CCC(NC(=O)C(C)NC(=O)c2ccccc2)C1. The average molecular weight is 274 g/mol. The van der Waals surface area contributed by atoms with Crippen LogP contribution in [0.3, 0.4) is 0 Å². The van der Waals surface area contributed by atoms with Gasteiger partial charge in [0.1, 0.15) is 6.04 Å². The van der Waals surface area contributed by atoms with Crippen LogP contribution in [0.15, 0.2) is 30.3 Å². The molecule has 0 bridgehead atoms. The van der Waals surface area contributed by atoms with Crippen LogP contribution in [0.2, 0.25) is 0 Å². The van der Waals surface area contributed by atoms with Crippen LogP contribution in [0.4, 0.5) is 0 Å². The summed E-state index contributed by atoms with van der Waals surface area (Å²) >= 11 is 0. The molecule has 1 aliphatic rings. The zero-order valence-electron chi connectivity index (χ0n) is 12.1. The van der Waals surface area contributed by atoms with E-state index in [0.717, 1.165) is 19.3 Å². The number of benzene rings is 1. The van der Waals surface area contributed by atoms with Crippen molar-refractivity contribution in [2.24, 2.45) is 5.92 Å². The number of rotatable bonds is 4. The van der Waals surface area contributed by atoms with E-state index in [0.29, 0.717) is 11.5 Å². The van der Waals surface area contributed by atoms with E-state index in [2.05, 4.69) is 17.6 Å². The van der Waals surface area contributed by atoms with E-state index >= 15 is 0 Å². The fourth-order valence-electron chi connectivity index (χ4n) is 2.60. The second-order valence-electron chi connectivity index (χ2n) is 5.68. The Bertz CT molecular complexity index is 473. The Labute approximate surface area is 119 Å². The molecule has 0 aromatic heterocycles. The van der Waals surface area contributed by atoms with Crippen LogP contribution in [-0.4, -0.2) is 23.9 Å². The molecule has 4 nitrogen and oxygen atoms in total. The third-order valence-electron chi connectivity index (χ3n) is 3.82. The van der Waals surface area contributed by atoms with E-state index in [1.165, 1.54) is 0 Å². The highest BCUT2D eigenvalue weighted by Crippen LogP contribution is 2.24. The summed E-state index contributed by atoms with van der Waals surface area (Å²) in [5.74, 6) is 0.357. The molecular weight excluding hydrogens is 252 g/mol. The van der Waals surface area contributed by atoms with Gasteiger partial charge in [0.15, 0.2) is 0 Å². The van der Waals surface area contributed by atoms with Crippen molar-refractivity contribution in [2.45, 2.75) is 45.2 Å². The van der Waals surface area contributed by atoms with Crippen LogP contribution in [0.1, 0.15) is 43.5 Å². The lowest BCUT2D eigenvalue weighted by Crippen LogP contribution is -2.47. The number of carbonyl (C=O) groups excluding carboxylic acids is 2. The van der Waals surface area contributed by atoms with Crippen molar-refractivity contribution in [3.05, 3.63) is 35.9 Å². The smallest absolute Gasteiger partial charge is 0.251 e. The lowest BCUT2D eigenvalue weighted by Gasteiger charge is -2.18. The molecule has 2 amide bonds. The number of hydrogen-bond acceptors (Lipinski definition) is 2. The Hall–Kier alpha value is -1.84. The van der Waals surface area contributed by atoms with E-state index in [1.807, 2.05) is 6.07 Å². The van der Waals surface area contributed by atoms with Crippen LogP contribution in [0.25, 0.3) is 0 Å². The Morgan fingerprint density at radius 1 is 1.20 bits per heavy atom. The Balaban J connectivity index is 1.83. The van der Waals surface area contributed by atoms with Gasteiger partial charge >= 0.3 is 0 Å². The Morgan fingerprint density at radius 2 is 1.90 bits per heavy atom. The third-order valence-corrected chi connectivity index (χ3v) is 3.82. The summed E-state index contributed by atoms with van der Waals surface area (Å²) in [6, 6.07) is 8.68. The van der Waals surface area contributed by atoms with Gasteiger partial charge in [-0.3, -0.25) is 9.59 Å². The second-order valence-corrected chi connectivity index (χ2v) is 5.68. The van der Waals surface area contributed by atoms with Crippen molar-refractivity contribution in [3.8, 4) is 0 Å². The standard InChI is InChI=1S/C16H22N2O2/c1-11-8-9-14(10-11)18-15(19)12(2)17-16(20)13-6-4-3-5-7-13/h3-7,11-12,14H,8-10H2,1-2H3,(H,17,20)(H,18,19). The van der Waals surface area contributed by atoms with Crippen LogP contribution in [0, 0.1) is 5.92 Å². The molecule has 1 fully saturated rings. The Morgan fingerprint density at radius 3 is 2.50 bits per heavy atom. The van der Waals surface area contributed by atoms with Crippen molar-refractivity contribution >= 4 is 11.8 Å². The molecule has 1 aromatic carbocycles. The highest BCUT2D eigenvalue weighted by molar-refractivity contribution is 5.97. The summed E-state index contributed by atoms with van der Waals surface area (Å²) in [5, 5.41) is 5.74. The lowest BCUT2D eigenvalue weighted by atomic mass is 10.1. The summed E-state index contributed by atoms with van der Waals surface area (Å²) in [4.78, 5) is 24.0. The van der Waals surface area contributed by atoms with Crippen LogP contribution in [-0.2, 0) is 4.79 Å². The average Bonchev–Trinajstić information content (AvgIpc) is 2.85. The topological polar surface area (TPSA) is 58.2 Å². The second kappa shape index (κ2) is 6.55. The van der Waals surface area contributed by atoms with Crippen LogP contribution in [0.5, 0.6) is 0 Å². The molecule has 0 heterocycles. The van der Waals surface area contributed by atoms with Gasteiger partial charge in [-0.05, 0) is 44.2 Å². The van der Waals surface area contributed by atoms with Gasteiger partial charge in [-0.25, -0.2) is 0 Å². The predicted molar refractivity (Wildman–Crippen MR) is 78.3 cm³/mol. The monoisotopic (exact) mass is 274 g/mol. The van der Waals surface area contributed by atoms with E-state index < -0.39 is 6.04 Å². The largest absolute Gasteiger partial charge is 0.352 e. The maximum absolute atomic E-state index is 12.0. The van der Waals surface area contributed by atoms with Gasteiger partial charge in [-0.1, -0.05) is 25.1 Å². The fourth-order valence-corrected chi connectivity index (χ4v) is 2.60. The number of amides is 2. The maximum atomic E-state index is 12.0. The van der Waals surface area contributed by atoms with Gasteiger partial charge in [0, 0.05) is 11.6 Å². The van der Waals surface area contributed by atoms with Crippen molar-refractivity contribution < 1.29 is 9.59 Å². The lowest BCUT2D eigenvalue weighted by molar-refractivity contribution is -0.123. The minimum Gasteiger partial charge on any atom is -0.352 e. The molecule has 108 valence electrons. The summed E-state index contributed by atoms with van der Waals surface area (Å²) in [5.41, 5.74) is 0.571. The van der Waals surface area contributed by atoms with E-state index in [1.54, 1.807) is 31.2 Å². The summed E-state index contributed by atoms with van der Waals surface area (Å²) in [7, 11) is 0. The molecule has 1 aliphatic carbocycles. The van der Waals surface area contributed by atoms with E-state index in [4.69, 9.17) is 0 Å². The summed E-state index contributed by atoms with van der Waals surface area (Å²) < 4.78 is 0. The van der Waals surface area contributed by atoms with Crippen molar-refractivity contribution in [2.75, 3.05) is 0 Å². The first-order valence-corrected chi connectivity index (χ1v) is 7.22. The van der Waals surface area contributed by atoms with E-state index in [-0.39, 0.29) is 17.9 Å². The van der Waals surface area contributed by atoms with Crippen molar-refractivity contribution in [1.82, 2.24) is 10.6 Å². The minimum absolute atomic E-state index is 0.103. The molecule has 2 rings (SSSR count). The maximum Gasteiger partial charge on any atom is 0.251 e. The molecule has 4 heteroatoms. The quantitative estimate of drug-likeness (QED) is 0.883. The van der Waals surface area contributed by atoms with Gasteiger partial charge < -0.3 is 10.6 Å². The zero-order chi connectivity index (χ0) is 14.5. The molecule has 20 heavy (non-hydrogen) atoms. The molecule has 3 unspecified atom stereocenters. The number of carbonyl (C=O) groups is 2. The van der Waals surface area contributed by atoms with Crippen LogP contribution < -0.4 is 10.6 Å². The molecule has 0 spiro atoms. The molecule has 3 atom stereocenters. The van der Waals surface area contributed by atoms with Crippen molar-refractivity contribution in [1.29, 1.82) is 0 Å². The Kier molecular flexibility index (Phi) is 4.77. The highest BCUT2D eigenvalue weighted by Gasteiger charge is 2.25. The van der Waals surface area contributed by atoms with Gasteiger partial charge in [0.05, 0.1) is 0 Å². The highest BCUT2D eigenvalue weighted by atomic mass is 16.2. The van der Waals surface area contributed by atoms with Gasteiger partial charge in [-0.2, -0.15) is 0 Å². The minimum atomic E-state index is -0.515. The first-order chi connectivity index (χ1) is 9.56. The van der Waals surface area contributed by atoms with Crippen molar-refractivity contribution in [3.63, 3.8) is 0 Å². The van der Waals surface area contributed by atoms with Gasteiger partial charge in [0.2, 0.25) is 5.91 Å². The number of nitrogens with one attached hydrogen (secondary N) is 2. The first kappa shape index (κ1) is 14.6. The predicted octanol–water partition coefficient (Wildman–Crippen LogP) is 2.11.